The van der Waals surface area contributed by atoms with Gasteiger partial charge in [-0.2, -0.15) is 0 Å². The molecule has 1 aliphatic carbocycles. The lowest BCUT2D eigenvalue weighted by atomic mass is 9.83. The van der Waals surface area contributed by atoms with Crippen LogP contribution in [0, 0.1) is 0 Å². The Morgan fingerprint density at radius 2 is 1.86 bits per heavy atom. The Labute approximate surface area is 92.6 Å². The van der Waals surface area contributed by atoms with Gasteiger partial charge in [-0.15, -0.1) is 0 Å². The molecule has 0 unspecified atom stereocenters. The molecular formula is C12H13BrO. The molecule has 1 aromatic carbocycles. The normalized spacial score (nSPS) is 27.6. The summed E-state index contributed by atoms with van der Waals surface area (Å²) in [6.07, 6.45) is 3.13. The molecule has 2 atom stereocenters. The molecular weight excluding hydrogens is 240 g/mol. The Bertz CT molecular complexity index is 320. The molecule has 1 aliphatic rings. The van der Waals surface area contributed by atoms with Crippen molar-refractivity contribution in [3.05, 3.63) is 35.9 Å². The summed E-state index contributed by atoms with van der Waals surface area (Å²) in [7, 11) is 0. The molecule has 0 heterocycles. The molecule has 1 aromatic rings. The summed E-state index contributed by atoms with van der Waals surface area (Å²) < 4.78 is 0. The van der Waals surface area contributed by atoms with Gasteiger partial charge in [0.2, 0.25) is 0 Å². The van der Waals surface area contributed by atoms with E-state index in [1.165, 1.54) is 5.56 Å². The van der Waals surface area contributed by atoms with Crippen LogP contribution in [0.25, 0.3) is 0 Å². The minimum absolute atomic E-state index is 0.0708. The third kappa shape index (κ3) is 1.90. The number of rotatable bonds is 1. The monoisotopic (exact) mass is 252 g/mol. The molecule has 14 heavy (non-hydrogen) atoms. The van der Waals surface area contributed by atoms with Gasteiger partial charge in [-0.05, 0) is 18.4 Å². The average Bonchev–Trinajstić information content (AvgIpc) is 2.23. The smallest absolute Gasteiger partial charge is 0.153 e. The second kappa shape index (κ2) is 4.26. The first-order valence-corrected chi connectivity index (χ1v) is 5.93. The van der Waals surface area contributed by atoms with Gasteiger partial charge in [0.25, 0.3) is 0 Å². The largest absolute Gasteiger partial charge is 0.298 e. The van der Waals surface area contributed by atoms with Crippen molar-refractivity contribution in [3.63, 3.8) is 0 Å². The first kappa shape index (κ1) is 9.91. The third-order valence-electron chi connectivity index (χ3n) is 2.80. The van der Waals surface area contributed by atoms with Gasteiger partial charge in [0.1, 0.15) is 0 Å². The van der Waals surface area contributed by atoms with Crippen LogP contribution in [0.4, 0.5) is 0 Å². The van der Waals surface area contributed by atoms with E-state index in [-0.39, 0.29) is 10.7 Å². The average molecular weight is 253 g/mol. The Balaban J connectivity index is 2.22. The minimum Gasteiger partial charge on any atom is -0.298 e. The highest BCUT2D eigenvalue weighted by atomic mass is 79.9. The number of Topliss-reactive ketones (excluding diaryl/α,β-unsaturated/α-hetero) is 1. The van der Waals surface area contributed by atoms with Gasteiger partial charge in [-0.25, -0.2) is 0 Å². The zero-order valence-electron chi connectivity index (χ0n) is 7.95. The zero-order chi connectivity index (χ0) is 9.97. The van der Waals surface area contributed by atoms with Gasteiger partial charge in [0.05, 0.1) is 4.83 Å². The van der Waals surface area contributed by atoms with Crippen LogP contribution in [0.5, 0.6) is 0 Å². The van der Waals surface area contributed by atoms with E-state index in [4.69, 9.17) is 0 Å². The summed E-state index contributed by atoms with van der Waals surface area (Å²) in [5.74, 6) is 0.469. The van der Waals surface area contributed by atoms with Crippen LogP contribution < -0.4 is 0 Å². The van der Waals surface area contributed by atoms with Crippen LogP contribution >= 0.6 is 15.9 Å². The second-order valence-corrected chi connectivity index (χ2v) is 4.87. The topological polar surface area (TPSA) is 17.1 Å². The third-order valence-corrected chi connectivity index (χ3v) is 3.71. The van der Waals surface area contributed by atoms with E-state index in [1.54, 1.807) is 0 Å². The fraction of sp³-hybridized carbons (Fsp3) is 0.417. The van der Waals surface area contributed by atoms with Crippen molar-refractivity contribution < 1.29 is 4.79 Å². The summed E-state index contributed by atoms with van der Waals surface area (Å²) in [5, 5.41) is 0. The maximum atomic E-state index is 11.9. The SMILES string of the molecule is O=C1[C@H](Br)CCC[C@H]1c1ccccc1. The van der Waals surface area contributed by atoms with Crippen molar-refractivity contribution in [1.82, 2.24) is 0 Å². The lowest BCUT2D eigenvalue weighted by Gasteiger charge is -2.24. The fourth-order valence-electron chi connectivity index (χ4n) is 2.02. The summed E-state index contributed by atoms with van der Waals surface area (Å²) in [5.41, 5.74) is 1.17. The number of carbonyl (C=O) groups excluding carboxylic acids is 1. The van der Waals surface area contributed by atoms with E-state index in [0.717, 1.165) is 19.3 Å². The quantitative estimate of drug-likeness (QED) is 0.702. The Morgan fingerprint density at radius 3 is 2.57 bits per heavy atom. The number of hydrogen-bond acceptors (Lipinski definition) is 1. The van der Waals surface area contributed by atoms with E-state index in [9.17, 15) is 4.79 Å². The molecule has 1 saturated carbocycles. The van der Waals surface area contributed by atoms with Gasteiger partial charge in [-0.3, -0.25) is 4.79 Å². The number of alkyl halides is 1. The Hall–Kier alpha value is -0.630. The van der Waals surface area contributed by atoms with Crippen molar-refractivity contribution in [3.8, 4) is 0 Å². The molecule has 0 radical (unpaired) electrons. The summed E-state index contributed by atoms with van der Waals surface area (Å²) in [6, 6.07) is 10.1. The summed E-state index contributed by atoms with van der Waals surface area (Å²) in [6.45, 7) is 0. The molecule has 0 saturated heterocycles. The van der Waals surface area contributed by atoms with Crippen molar-refractivity contribution >= 4 is 21.7 Å². The first-order chi connectivity index (χ1) is 6.79. The second-order valence-electron chi connectivity index (χ2n) is 3.76. The highest BCUT2D eigenvalue weighted by Gasteiger charge is 2.29. The van der Waals surface area contributed by atoms with Crippen LogP contribution in [-0.4, -0.2) is 10.6 Å². The van der Waals surface area contributed by atoms with Gasteiger partial charge < -0.3 is 0 Å². The van der Waals surface area contributed by atoms with Crippen LogP contribution in [0.15, 0.2) is 30.3 Å². The predicted octanol–water partition coefficient (Wildman–Crippen LogP) is 3.29. The Kier molecular flexibility index (Phi) is 3.02. The lowest BCUT2D eigenvalue weighted by molar-refractivity contribution is -0.121. The number of hydrogen-bond donors (Lipinski definition) is 0. The number of carbonyl (C=O) groups is 1. The van der Waals surface area contributed by atoms with Gasteiger partial charge in [0.15, 0.2) is 5.78 Å². The highest BCUT2D eigenvalue weighted by Crippen LogP contribution is 2.32. The molecule has 0 aliphatic heterocycles. The van der Waals surface area contributed by atoms with Crippen LogP contribution in [0.3, 0.4) is 0 Å². The maximum Gasteiger partial charge on any atom is 0.153 e. The molecule has 0 spiro atoms. The molecule has 74 valence electrons. The maximum absolute atomic E-state index is 11.9. The van der Waals surface area contributed by atoms with E-state index in [0.29, 0.717) is 5.78 Å². The molecule has 0 aromatic heterocycles. The molecule has 0 amide bonds. The predicted molar refractivity (Wildman–Crippen MR) is 60.8 cm³/mol. The minimum atomic E-state index is 0.0708. The van der Waals surface area contributed by atoms with Crippen molar-refractivity contribution in [2.75, 3.05) is 0 Å². The van der Waals surface area contributed by atoms with Gasteiger partial charge in [0, 0.05) is 5.92 Å². The standard InChI is InChI=1S/C12H13BrO/c13-11-8-4-7-10(12(11)14)9-5-2-1-3-6-9/h1-3,5-6,10-11H,4,7-8H2/t10-,11+/m0/s1. The molecule has 1 nitrogen and oxygen atoms in total. The highest BCUT2D eigenvalue weighted by molar-refractivity contribution is 9.10. The molecule has 0 N–H and O–H groups in total. The van der Waals surface area contributed by atoms with Crippen LogP contribution in [-0.2, 0) is 4.79 Å². The van der Waals surface area contributed by atoms with Crippen molar-refractivity contribution in [2.45, 2.75) is 30.0 Å². The Morgan fingerprint density at radius 1 is 1.14 bits per heavy atom. The first-order valence-electron chi connectivity index (χ1n) is 5.02. The summed E-state index contributed by atoms with van der Waals surface area (Å²) in [4.78, 5) is 11.9. The lowest BCUT2D eigenvalue weighted by Crippen LogP contribution is -2.26. The fourth-order valence-corrected chi connectivity index (χ4v) is 2.66. The van der Waals surface area contributed by atoms with E-state index in [1.807, 2.05) is 30.3 Å². The number of halogens is 1. The molecule has 2 rings (SSSR count). The van der Waals surface area contributed by atoms with Gasteiger partial charge >= 0.3 is 0 Å². The zero-order valence-corrected chi connectivity index (χ0v) is 9.53. The summed E-state index contributed by atoms with van der Waals surface area (Å²) >= 11 is 3.44. The van der Waals surface area contributed by atoms with Crippen LogP contribution in [0.1, 0.15) is 30.7 Å². The van der Waals surface area contributed by atoms with Crippen molar-refractivity contribution in [1.29, 1.82) is 0 Å². The number of benzene rings is 1. The van der Waals surface area contributed by atoms with Gasteiger partial charge in [-0.1, -0.05) is 52.7 Å². The van der Waals surface area contributed by atoms with Crippen molar-refractivity contribution in [2.24, 2.45) is 0 Å². The number of ketones is 1. The van der Waals surface area contributed by atoms with Crippen LogP contribution in [0.2, 0.25) is 0 Å². The molecule has 2 heteroatoms. The molecule has 0 bridgehead atoms. The molecule has 1 fully saturated rings. The van der Waals surface area contributed by atoms with E-state index < -0.39 is 0 Å². The van der Waals surface area contributed by atoms with E-state index >= 15 is 0 Å². The van der Waals surface area contributed by atoms with E-state index in [2.05, 4.69) is 15.9 Å².